The van der Waals surface area contributed by atoms with Gasteiger partial charge in [-0.3, -0.25) is 9.35 Å². The van der Waals surface area contributed by atoms with Crippen molar-refractivity contribution < 1.29 is 51.8 Å². The molecule has 7 atom stereocenters. The predicted molar refractivity (Wildman–Crippen MR) is 259 cm³/mol. The lowest BCUT2D eigenvalue weighted by Gasteiger charge is -2.41. The van der Waals surface area contributed by atoms with Gasteiger partial charge >= 0.3 is 10.4 Å². The lowest BCUT2D eigenvalue weighted by atomic mass is 9.99. The highest BCUT2D eigenvalue weighted by molar-refractivity contribution is 7.80. The van der Waals surface area contributed by atoms with Crippen molar-refractivity contribution in [1.29, 1.82) is 0 Å². The normalized spacial score (nSPS) is 20.3. The quantitative estimate of drug-likeness (QED) is 0.0193. The van der Waals surface area contributed by atoms with E-state index >= 15 is 0 Å². The van der Waals surface area contributed by atoms with Crippen molar-refractivity contribution >= 4 is 16.3 Å². The Kier molecular flexibility index (Phi) is 39.9. The summed E-state index contributed by atoms with van der Waals surface area (Å²) in [7, 11) is -5.08. The molecule has 1 aliphatic rings. The molecule has 1 amide bonds. The molecule has 0 spiro atoms. The minimum absolute atomic E-state index is 0.258. The Hall–Kier alpha value is -1.16. The van der Waals surface area contributed by atoms with E-state index in [1.807, 2.05) is 6.08 Å². The van der Waals surface area contributed by atoms with E-state index < -0.39 is 59.9 Å². The molecule has 64 heavy (non-hydrogen) atoms. The number of hydrogen-bond acceptors (Lipinski definition) is 10. The van der Waals surface area contributed by atoms with Crippen LogP contribution in [0.5, 0.6) is 0 Å². The summed E-state index contributed by atoms with van der Waals surface area (Å²) in [6.45, 7) is 3.42. The molecule has 0 bridgehead atoms. The summed E-state index contributed by atoms with van der Waals surface area (Å²) in [6.07, 6.45) is 39.6. The van der Waals surface area contributed by atoms with E-state index in [-0.39, 0.29) is 18.9 Å². The van der Waals surface area contributed by atoms with Gasteiger partial charge in [0.05, 0.1) is 25.4 Å². The number of aliphatic hydroxyl groups excluding tert-OH is 4. The minimum Gasteiger partial charge on any atom is -0.394 e. The second-order valence-electron chi connectivity index (χ2n) is 18.8. The number of amides is 1. The van der Waals surface area contributed by atoms with Gasteiger partial charge in [-0.1, -0.05) is 238 Å². The molecule has 7 unspecified atom stereocenters. The summed E-state index contributed by atoms with van der Waals surface area (Å²) < 4.78 is 47.7. The van der Waals surface area contributed by atoms with E-state index in [0.717, 1.165) is 38.5 Å². The number of unbranched alkanes of at least 4 members (excludes halogenated alkanes) is 34. The lowest BCUT2D eigenvalue weighted by Crippen LogP contribution is -2.61. The van der Waals surface area contributed by atoms with Crippen LogP contribution in [-0.4, -0.2) is 95.4 Å². The Bertz CT molecular complexity index is 1190. The van der Waals surface area contributed by atoms with E-state index in [4.69, 9.17) is 9.47 Å². The second-order valence-corrected chi connectivity index (χ2v) is 19.9. The topological polar surface area (TPSA) is 192 Å². The first-order chi connectivity index (χ1) is 31.0. The third-order valence-corrected chi connectivity index (χ3v) is 13.3. The monoisotopic (exact) mass is 934 g/mol. The van der Waals surface area contributed by atoms with Crippen LogP contribution in [0, 0.1) is 0 Å². The lowest BCUT2D eigenvalue weighted by molar-refractivity contribution is -0.298. The summed E-state index contributed by atoms with van der Waals surface area (Å²) >= 11 is 0. The summed E-state index contributed by atoms with van der Waals surface area (Å²) in [4.78, 5) is 13.1. The third-order valence-electron chi connectivity index (χ3n) is 12.8. The van der Waals surface area contributed by atoms with Crippen molar-refractivity contribution in [3.8, 4) is 0 Å². The van der Waals surface area contributed by atoms with Gasteiger partial charge in [-0.15, -0.1) is 0 Å². The van der Waals surface area contributed by atoms with Crippen molar-refractivity contribution in [3.05, 3.63) is 12.2 Å². The number of carbonyl (C=O) groups is 1. The number of hydrogen-bond donors (Lipinski definition) is 6. The first-order valence-corrected chi connectivity index (χ1v) is 27.9. The number of allylic oxidation sites excluding steroid dienone is 1. The molecule has 380 valence electrons. The number of ether oxygens (including phenoxy) is 2. The molecule has 0 aliphatic carbocycles. The highest BCUT2D eigenvalue weighted by atomic mass is 32.3. The fourth-order valence-corrected chi connectivity index (χ4v) is 9.20. The number of aliphatic hydroxyl groups is 4. The number of nitrogens with one attached hydrogen (secondary N) is 1. The zero-order valence-electron chi connectivity index (χ0n) is 40.9. The highest BCUT2D eigenvalue weighted by Crippen LogP contribution is 2.26. The zero-order valence-corrected chi connectivity index (χ0v) is 41.7. The molecule has 1 heterocycles. The SMILES string of the molecule is CCCCCCCCCCCCCCCCCCCCCC/C=C/C(O)C(COC1OC(CO)C(O)C(OS(=O)(=O)O)C1O)NC(=O)CCCCCCCCCCCCCCCCC. The second kappa shape index (κ2) is 42.0. The van der Waals surface area contributed by atoms with Crippen LogP contribution in [0.25, 0.3) is 0 Å². The maximum absolute atomic E-state index is 13.1. The van der Waals surface area contributed by atoms with E-state index in [1.165, 1.54) is 186 Å². The molecule has 0 aromatic rings. The highest BCUT2D eigenvalue weighted by Gasteiger charge is 2.48. The van der Waals surface area contributed by atoms with Crippen LogP contribution in [0.15, 0.2) is 12.2 Å². The van der Waals surface area contributed by atoms with Gasteiger partial charge in [0, 0.05) is 6.42 Å². The maximum Gasteiger partial charge on any atom is 0.397 e. The average molecular weight is 934 g/mol. The molecule has 0 aromatic carbocycles. The Morgan fingerprint density at radius 1 is 0.609 bits per heavy atom. The molecule has 1 fully saturated rings. The van der Waals surface area contributed by atoms with Crippen LogP contribution in [0.2, 0.25) is 0 Å². The first kappa shape index (κ1) is 60.9. The van der Waals surface area contributed by atoms with Gasteiger partial charge in [0.1, 0.15) is 24.4 Å². The third kappa shape index (κ3) is 34.2. The van der Waals surface area contributed by atoms with E-state index in [9.17, 15) is 38.2 Å². The molecule has 1 saturated heterocycles. The maximum atomic E-state index is 13.1. The van der Waals surface area contributed by atoms with Crippen molar-refractivity contribution in [3.63, 3.8) is 0 Å². The molecular formula is C51H99NO11S. The van der Waals surface area contributed by atoms with Crippen molar-refractivity contribution in [2.45, 2.75) is 294 Å². The molecule has 12 nitrogen and oxygen atoms in total. The van der Waals surface area contributed by atoms with Crippen LogP contribution >= 0.6 is 0 Å². The van der Waals surface area contributed by atoms with Crippen molar-refractivity contribution in [1.82, 2.24) is 5.32 Å². The minimum atomic E-state index is -5.08. The van der Waals surface area contributed by atoms with E-state index in [2.05, 4.69) is 23.3 Å². The Morgan fingerprint density at radius 3 is 1.36 bits per heavy atom. The average Bonchev–Trinajstić information content (AvgIpc) is 3.27. The zero-order chi connectivity index (χ0) is 46.9. The van der Waals surface area contributed by atoms with E-state index in [0.29, 0.717) is 6.42 Å². The Morgan fingerprint density at radius 2 is 0.984 bits per heavy atom. The largest absolute Gasteiger partial charge is 0.397 e. The first-order valence-electron chi connectivity index (χ1n) is 26.6. The standard InChI is InChI=1S/C51H99NO11S/c1-3-5-7-9-11-13-15-17-19-20-21-22-23-24-25-27-28-30-32-34-36-38-40-45(54)44(43-61-51-49(57)50(63-64(58,59)60)48(56)46(42-53)62-51)52-47(55)41-39-37-35-33-31-29-26-18-16-14-12-10-8-6-4-2/h38,40,44-46,48-51,53-54,56-57H,3-37,39,41-43H2,1-2H3,(H,52,55)(H,58,59,60)/b40-38+. The summed E-state index contributed by atoms with van der Waals surface area (Å²) in [5.74, 6) is -0.258. The van der Waals surface area contributed by atoms with Crippen molar-refractivity contribution in [2.75, 3.05) is 13.2 Å². The van der Waals surface area contributed by atoms with Crippen LogP contribution in [0.1, 0.15) is 251 Å². The predicted octanol–water partition coefficient (Wildman–Crippen LogP) is 11.5. The summed E-state index contributed by atoms with van der Waals surface area (Å²) in [5.41, 5.74) is 0. The van der Waals surface area contributed by atoms with Gasteiger partial charge in [0.2, 0.25) is 5.91 Å². The number of rotatable bonds is 46. The molecule has 0 saturated carbocycles. The molecule has 0 aromatic heterocycles. The van der Waals surface area contributed by atoms with Crippen LogP contribution in [0.3, 0.4) is 0 Å². The van der Waals surface area contributed by atoms with Crippen LogP contribution in [0.4, 0.5) is 0 Å². The van der Waals surface area contributed by atoms with Gasteiger partial charge in [-0.2, -0.15) is 8.42 Å². The molecular weight excluding hydrogens is 835 g/mol. The van der Waals surface area contributed by atoms with Gasteiger partial charge in [0.25, 0.3) is 0 Å². The molecule has 6 N–H and O–H groups in total. The van der Waals surface area contributed by atoms with Crippen molar-refractivity contribution in [2.24, 2.45) is 0 Å². The fourth-order valence-electron chi connectivity index (χ4n) is 8.69. The van der Waals surface area contributed by atoms with Gasteiger partial charge in [-0.05, 0) is 19.3 Å². The Labute approximate surface area is 391 Å². The smallest absolute Gasteiger partial charge is 0.394 e. The van der Waals surface area contributed by atoms with Crippen LogP contribution in [-0.2, 0) is 28.9 Å². The molecule has 1 rings (SSSR count). The Balaban J connectivity index is 2.42. The summed E-state index contributed by atoms with van der Waals surface area (Å²) in [5, 5.41) is 44.9. The molecule has 13 heteroatoms. The number of carbonyl (C=O) groups excluding carboxylic acids is 1. The van der Waals surface area contributed by atoms with E-state index in [1.54, 1.807) is 6.08 Å². The molecule has 0 radical (unpaired) electrons. The van der Waals surface area contributed by atoms with Gasteiger partial charge in [-0.25, -0.2) is 4.18 Å². The van der Waals surface area contributed by atoms with Gasteiger partial charge in [0.15, 0.2) is 6.29 Å². The summed E-state index contributed by atoms with van der Waals surface area (Å²) in [6, 6.07) is -0.939. The van der Waals surface area contributed by atoms with Crippen LogP contribution < -0.4 is 5.32 Å². The molecule has 1 aliphatic heterocycles. The van der Waals surface area contributed by atoms with Gasteiger partial charge < -0.3 is 35.2 Å². The fraction of sp³-hybridized carbons (Fsp3) is 0.941.